The number of hydrogen-bond acceptors (Lipinski definition) is 4. The van der Waals surface area contributed by atoms with Gasteiger partial charge in [-0.3, -0.25) is 0 Å². The Balaban J connectivity index is 2.99. The van der Waals surface area contributed by atoms with E-state index in [-0.39, 0.29) is 17.9 Å². The fourth-order valence-corrected chi connectivity index (χ4v) is 1.13. The quantitative estimate of drug-likeness (QED) is 0.637. The molecule has 0 fully saturated rings. The van der Waals surface area contributed by atoms with E-state index in [2.05, 4.69) is 20.9 Å². The van der Waals surface area contributed by atoms with E-state index >= 15 is 0 Å². The molecule has 1 heterocycles. The first kappa shape index (κ1) is 9.98. The van der Waals surface area contributed by atoms with Gasteiger partial charge in [-0.2, -0.15) is 0 Å². The lowest BCUT2D eigenvalue weighted by Crippen LogP contribution is -2.05. The number of ether oxygens (including phenoxy) is 1. The summed E-state index contributed by atoms with van der Waals surface area (Å²) in [7, 11) is 0. The summed E-state index contributed by atoms with van der Waals surface area (Å²) in [6, 6.07) is 1.41. The Kier molecular flexibility index (Phi) is 3.25. The predicted octanol–water partition coefficient (Wildman–Crippen LogP) is 1.73. The molecule has 1 N–H and O–H groups in total. The molecule has 13 heavy (non-hydrogen) atoms. The number of nitrogens with zero attached hydrogens (tertiary/aromatic N) is 1. The van der Waals surface area contributed by atoms with Crippen LogP contribution >= 0.6 is 15.9 Å². The average Bonchev–Trinajstić information content (AvgIpc) is 2.09. The van der Waals surface area contributed by atoms with Crippen molar-refractivity contribution in [2.45, 2.75) is 6.92 Å². The summed E-state index contributed by atoms with van der Waals surface area (Å²) >= 11 is 3.09. The zero-order valence-electron chi connectivity index (χ0n) is 6.95. The van der Waals surface area contributed by atoms with Crippen LogP contribution in [-0.4, -0.2) is 22.7 Å². The second-order valence-corrected chi connectivity index (χ2v) is 3.06. The Morgan fingerprint density at radius 1 is 1.77 bits per heavy atom. The summed E-state index contributed by atoms with van der Waals surface area (Å²) < 4.78 is 5.20. The first-order valence-corrected chi connectivity index (χ1v) is 4.46. The smallest absolute Gasteiger partial charge is 0.342 e. The number of carbonyl (C=O) groups is 1. The van der Waals surface area contributed by atoms with Crippen molar-refractivity contribution >= 4 is 21.9 Å². The summed E-state index contributed by atoms with van der Waals surface area (Å²) in [6.07, 6.45) is 1.19. The molecule has 4 nitrogen and oxygen atoms in total. The summed E-state index contributed by atoms with van der Waals surface area (Å²) in [5, 5.41) is 9.25. The molecular formula is C8H8BrNO3. The van der Waals surface area contributed by atoms with Gasteiger partial charge in [-0.25, -0.2) is 9.78 Å². The van der Waals surface area contributed by atoms with Crippen LogP contribution in [0, 0.1) is 0 Å². The Morgan fingerprint density at radius 2 is 2.46 bits per heavy atom. The molecule has 0 unspecified atom stereocenters. The van der Waals surface area contributed by atoms with E-state index in [0.29, 0.717) is 4.60 Å². The average molecular weight is 246 g/mol. The largest absolute Gasteiger partial charge is 0.505 e. The Bertz CT molecular complexity index is 327. The normalized spacial score (nSPS) is 9.69. The summed E-state index contributed by atoms with van der Waals surface area (Å²) in [6.45, 7) is 1.98. The summed E-state index contributed by atoms with van der Waals surface area (Å²) in [5.74, 6) is -0.732. The van der Waals surface area contributed by atoms with Crippen LogP contribution in [0.25, 0.3) is 0 Å². The van der Waals surface area contributed by atoms with Gasteiger partial charge in [-0.1, -0.05) is 0 Å². The lowest BCUT2D eigenvalue weighted by Gasteiger charge is -2.03. The minimum atomic E-state index is -0.553. The van der Waals surface area contributed by atoms with Crippen LogP contribution in [0.3, 0.4) is 0 Å². The molecule has 0 amide bonds. The van der Waals surface area contributed by atoms with Crippen molar-refractivity contribution in [1.29, 1.82) is 0 Å². The molecule has 1 rings (SSSR count). The third-order valence-corrected chi connectivity index (χ3v) is 1.78. The van der Waals surface area contributed by atoms with E-state index in [1.165, 1.54) is 12.3 Å². The molecule has 0 atom stereocenters. The third-order valence-electron chi connectivity index (χ3n) is 1.34. The standard InChI is InChI=1S/C8H8BrNO3/c1-2-13-8(12)5-3-7(9)10-4-6(5)11/h3-4,11H,2H2,1H3. The number of rotatable bonds is 2. The number of carbonyl (C=O) groups excluding carboxylic acids is 1. The fraction of sp³-hybridized carbons (Fsp3) is 0.250. The summed E-state index contributed by atoms with van der Waals surface area (Å²) in [4.78, 5) is 14.9. The van der Waals surface area contributed by atoms with E-state index in [0.717, 1.165) is 0 Å². The van der Waals surface area contributed by atoms with Gasteiger partial charge in [0.1, 0.15) is 15.9 Å². The van der Waals surface area contributed by atoms with Crippen LogP contribution < -0.4 is 0 Å². The van der Waals surface area contributed by atoms with Crippen molar-refractivity contribution in [2.24, 2.45) is 0 Å². The Morgan fingerprint density at radius 3 is 3.08 bits per heavy atom. The van der Waals surface area contributed by atoms with Crippen molar-refractivity contribution in [1.82, 2.24) is 4.98 Å². The van der Waals surface area contributed by atoms with Gasteiger partial charge in [-0.05, 0) is 28.9 Å². The van der Waals surface area contributed by atoms with E-state index in [4.69, 9.17) is 4.74 Å². The molecule has 0 bridgehead atoms. The zero-order chi connectivity index (χ0) is 9.84. The monoisotopic (exact) mass is 245 g/mol. The lowest BCUT2D eigenvalue weighted by molar-refractivity contribution is 0.0523. The molecule has 1 aromatic heterocycles. The van der Waals surface area contributed by atoms with Crippen LogP contribution in [0.15, 0.2) is 16.9 Å². The minimum absolute atomic E-state index is 0.115. The second-order valence-electron chi connectivity index (χ2n) is 2.24. The van der Waals surface area contributed by atoms with Gasteiger partial charge >= 0.3 is 5.97 Å². The number of pyridine rings is 1. The van der Waals surface area contributed by atoms with Crippen LogP contribution in [0.5, 0.6) is 5.75 Å². The predicted molar refractivity (Wildman–Crippen MR) is 49.6 cm³/mol. The molecular weight excluding hydrogens is 238 g/mol. The van der Waals surface area contributed by atoms with E-state index < -0.39 is 5.97 Å². The molecule has 0 saturated heterocycles. The van der Waals surface area contributed by atoms with Crippen LogP contribution in [0.4, 0.5) is 0 Å². The van der Waals surface area contributed by atoms with Gasteiger partial charge in [0.25, 0.3) is 0 Å². The molecule has 0 radical (unpaired) electrons. The van der Waals surface area contributed by atoms with Crippen molar-refractivity contribution in [3.63, 3.8) is 0 Å². The molecule has 0 aromatic carbocycles. The van der Waals surface area contributed by atoms with E-state index in [1.807, 2.05) is 0 Å². The molecule has 0 spiro atoms. The highest BCUT2D eigenvalue weighted by Crippen LogP contribution is 2.19. The number of hydrogen-bond donors (Lipinski definition) is 1. The molecule has 0 aliphatic carbocycles. The van der Waals surface area contributed by atoms with Gasteiger partial charge in [0.05, 0.1) is 12.8 Å². The maximum Gasteiger partial charge on any atom is 0.342 e. The first-order chi connectivity index (χ1) is 6.15. The molecule has 0 saturated carbocycles. The van der Waals surface area contributed by atoms with Gasteiger partial charge in [0.15, 0.2) is 0 Å². The maximum absolute atomic E-state index is 11.2. The number of aromatic nitrogens is 1. The topological polar surface area (TPSA) is 59.4 Å². The van der Waals surface area contributed by atoms with Crippen LogP contribution in [0.1, 0.15) is 17.3 Å². The number of aromatic hydroxyl groups is 1. The SMILES string of the molecule is CCOC(=O)c1cc(Br)ncc1O. The van der Waals surface area contributed by atoms with Crippen LogP contribution in [-0.2, 0) is 4.74 Å². The Hall–Kier alpha value is -1.10. The van der Waals surface area contributed by atoms with Crippen molar-refractivity contribution < 1.29 is 14.6 Å². The molecule has 5 heteroatoms. The van der Waals surface area contributed by atoms with Gasteiger partial charge in [-0.15, -0.1) is 0 Å². The van der Waals surface area contributed by atoms with Crippen LogP contribution in [0.2, 0.25) is 0 Å². The summed E-state index contributed by atoms with van der Waals surface area (Å²) in [5.41, 5.74) is 0.115. The van der Waals surface area contributed by atoms with Gasteiger partial charge in [0, 0.05) is 0 Å². The van der Waals surface area contributed by atoms with Gasteiger partial charge < -0.3 is 9.84 Å². The first-order valence-electron chi connectivity index (χ1n) is 3.66. The molecule has 1 aromatic rings. The highest BCUT2D eigenvalue weighted by molar-refractivity contribution is 9.10. The van der Waals surface area contributed by atoms with Crippen molar-refractivity contribution in [2.75, 3.05) is 6.61 Å². The third kappa shape index (κ3) is 2.42. The fourth-order valence-electron chi connectivity index (χ4n) is 0.795. The minimum Gasteiger partial charge on any atom is -0.505 e. The molecule has 70 valence electrons. The second kappa shape index (κ2) is 4.23. The lowest BCUT2D eigenvalue weighted by atomic mass is 10.2. The molecule has 0 aliphatic heterocycles. The number of halogens is 1. The van der Waals surface area contributed by atoms with E-state index in [1.54, 1.807) is 6.92 Å². The maximum atomic E-state index is 11.2. The number of esters is 1. The molecule has 0 aliphatic rings. The highest BCUT2D eigenvalue weighted by atomic mass is 79.9. The van der Waals surface area contributed by atoms with E-state index in [9.17, 15) is 9.90 Å². The van der Waals surface area contributed by atoms with Crippen molar-refractivity contribution in [3.8, 4) is 5.75 Å². The zero-order valence-corrected chi connectivity index (χ0v) is 8.54. The highest BCUT2D eigenvalue weighted by Gasteiger charge is 2.12. The Labute approximate surface area is 83.7 Å². The van der Waals surface area contributed by atoms with Crippen molar-refractivity contribution in [3.05, 3.63) is 22.4 Å². The van der Waals surface area contributed by atoms with Gasteiger partial charge in [0.2, 0.25) is 0 Å².